The maximum absolute atomic E-state index is 11.6. The van der Waals surface area contributed by atoms with Crippen molar-refractivity contribution in [2.24, 2.45) is 0 Å². The van der Waals surface area contributed by atoms with E-state index < -0.39 is 5.97 Å². The number of aromatic nitrogens is 3. The van der Waals surface area contributed by atoms with Crippen molar-refractivity contribution >= 4 is 17.7 Å². The summed E-state index contributed by atoms with van der Waals surface area (Å²) in [6.07, 6.45) is 0.820. The van der Waals surface area contributed by atoms with Gasteiger partial charge in [0.05, 0.1) is 19.3 Å². The first-order valence-electron chi connectivity index (χ1n) is 7.00. The smallest absolute Gasteiger partial charge is 0.356 e. The summed E-state index contributed by atoms with van der Waals surface area (Å²) in [5.74, 6) is 0.606. The highest BCUT2D eigenvalue weighted by molar-refractivity contribution is 5.87. The molecule has 2 aromatic heterocycles. The van der Waals surface area contributed by atoms with Crippen LogP contribution in [-0.4, -0.2) is 34.6 Å². The number of carbonyl (C=O) groups excluding carboxylic acids is 1. The second-order valence-electron chi connectivity index (χ2n) is 5.20. The lowest BCUT2D eigenvalue weighted by atomic mass is 10.0. The third-order valence-electron chi connectivity index (χ3n) is 3.60. The van der Waals surface area contributed by atoms with Crippen LogP contribution < -0.4 is 10.6 Å². The van der Waals surface area contributed by atoms with Gasteiger partial charge in [-0.2, -0.15) is 4.98 Å². The molecule has 3 rings (SSSR count). The van der Waals surface area contributed by atoms with Gasteiger partial charge in [0.2, 0.25) is 5.95 Å². The predicted octanol–water partition coefficient (Wildman–Crippen LogP) is 1.11. The highest BCUT2D eigenvalue weighted by Crippen LogP contribution is 2.22. The first kappa shape index (κ1) is 14.2. The topological polar surface area (TPSA) is 94.2 Å². The zero-order valence-electron chi connectivity index (χ0n) is 12.5. The average Bonchev–Trinajstić information content (AvgIpc) is 2.52. The maximum Gasteiger partial charge on any atom is 0.356 e. The quantitative estimate of drug-likeness (QED) is 0.830. The number of nitrogens with two attached hydrogens (primary N) is 1. The minimum Gasteiger partial charge on any atom is -0.464 e. The molecule has 0 atom stereocenters. The van der Waals surface area contributed by atoms with Gasteiger partial charge in [-0.05, 0) is 25.0 Å². The molecule has 3 heterocycles. The SMILES string of the molecule is COC(=O)c1ccc2c(n1)CN(c1nc(C)cc(N)n1)CC2. The summed E-state index contributed by atoms with van der Waals surface area (Å²) < 4.78 is 4.71. The van der Waals surface area contributed by atoms with Gasteiger partial charge in [-0.15, -0.1) is 0 Å². The summed E-state index contributed by atoms with van der Waals surface area (Å²) in [5.41, 5.74) is 8.90. The van der Waals surface area contributed by atoms with E-state index in [9.17, 15) is 4.79 Å². The molecule has 22 heavy (non-hydrogen) atoms. The molecule has 0 saturated carbocycles. The van der Waals surface area contributed by atoms with E-state index in [0.717, 1.165) is 29.9 Å². The summed E-state index contributed by atoms with van der Waals surface area (Å²) in [4.78, 5) is 26.7. The predicted molar refractivity (Wildman–Crippen MR) is 81.5 cm³/mol. The Morgan fingerprint density at radius 1 is 1.32 bits per heavy atom. The largest absolute Gasteiger partial charge is 0.464 e. The molecule has 0 spiro atoms. The second kappa shape index (κ2) is 5.59. The monoisotopic (exact) mass is 299 g/mol. The fourth-order valence-corrected chi connectivity index (χ4v) is 2.52. The fourth-order valence-electron chi connectivity index (χ4n) is 2.52. The van der Waals surface area contributed by atoms with Crippen LogP contribution in [0, 0.1) is 6.92 Å². The fraction of sp³-hybridized carbons (Fsp3) is 0.333. The Labute approximate surface area is 128 Å². The molecule has 1 aliphatic heterocycles. The Bertz CT molecular complexity index is 712. The molecule has 114 valence electrons. The summed E-state index contributed by atoms with van der Waals surface area (Å²) in [7, 11) is 1.35. The molecule has 7 nitrogen and oxygen atoms in total. The van der Waals surface area contributed by atoms with E-state index in [1.165, 1.54) is 7.11 Å². The van der Waals surface area contributed by atoms with Gasteiger partial charge < -0.3 is 15.4 Å². The third-order valence-corrected chi connectivity index (χ3v) is 3.60. The first-order valence-corrected chi connectivity index (χ1v) is 7.00. The molecular weight excluding hydrogens is 282 g/mol. The number of aryl methyl sites for hydroxylation is 1. The van der Waals surface area contributed by atoms with Crippen LogP contribution in [0.4, 0.5) is 11.8 Å². The number of hydrogen-bond acceptors (Lipinski definition) is 7. The summed E-state index contributed by atoms with van der Waals surface area (Å²) >= 11 is 0. The van der Waals surface area contributed by atoms with Crippen molar-refractivity contribution in [1.82, 2.24) is 15.0 Å². The number of pyridine rings is 1. The van der Waals surface area contributed by atoms with Gasteiger partial charge in [0.15, 0.2) is 0 Å². The van der Waals surface area contributed by atoms with Crippen molar-refractivity contribution in [3.05, 3.63) is 40.8 Å². The number of rotatable bonds is 2. The zero-order chi connectivity index (χ0) is 15.7. The number of hydrogen-bond donors (Lipinski definition) is 1. The molecular formula is C15H17N5O2. The van der Waals surface area contributed by atoms with Gasteiger partial charge in [0.1, 0.15) is 11.5 Å². The summed E-state index contributed by atoms with van der Waals surface area (Å²) in [5, 5.41) is 0. The van der Waals surface area contributed by atoms with Crippen molar-refractivity contribution in [1.29, 1.82) is 0 Å². The summed E-state index contributed by atoms with van der Waals surface area (Å²) in [6.45, 7) is 3.21. The van der Waals surface area contributed by atoms with Crippen molar-refractivity contribution < 1.29 is 9.53 Å². The highest BCUT2D eigenvalue weighted by Gasteiger charge is 2.21. The third kappa shape index (κ3) is 2.69. The Morgan fingerprint density at radius 2 is 2.14 bits per heavy atom. The van der Waals surface area contributed by atoms with E-state index in [1.807, 2.05) is 17.9 Å². The number of esters is 1. The molecule has 0 saturated heterocycles. The van der Waals surface area contributed by atoms with E-state index in [2.05, 4.69) is 15.0 Å². The molecule has 7 heteroatoms. The van der Waals surface area contributed by atoms with E-state index >= 15 is 0 Å². The van der Waals surface area contributed by atoms with E-state index in [0.29, 0.717) is 24.0 Å². The standard InChI is InChI=1S/C15H17N5O2/c1-9-7-13(16)19-15(17-9)20-6-5-10-3-4-11(14(21)22-2)18-12(10)8-20/h3-4,7H,5-6,8H2,1-2H3,(H2,16,17,19). The average molecular weight is 299 g/mol. The minimum atomic E-state index is -0.434. The maximum atomic E-state index is 11.6. The Hall–Kier alpha value is -2.70. The van der Waals surface area contributed by atoms with Crippen LogP contribution in [0.25, 0.3) is 0 Å². The molecule has 0 unspecified atom stereocenters. The number of nitrogens with zero attached hydrogens (tertiary/aromatic N) is 4. The Kier molecular flexibility index (Phi) is 3.62. The second-order valence-corrected chi connectivity index (χ2v) is 5.20. The van der Waals surface area contributed by atoms with Gasteiger partial charge in [-0.1, -0.05) is 6.07 Å². The van der Waals surface area contributed by atoms with Gasteiger partial charge in [-0.25, -0.2) is 14.8 Å². The molecule has 0 amide bonds. The molecule has 0 radical (unpaired) electrons. The Balaban J connectivity index is 1.90. The number of nitrogen functional groups attached to an aromatic ring is 1. The zero-order valence-corrected chi connectivity index (χ0v) is 12.5. The van der Waals surface area contributed by atoms with Crippen LogP contribution in [0.1, 0.15) is 27.4 Å². The number of fused-ring (bicyclic) bond motifs is 1. The molecule has 0 bridgehead atoms. The highest BCUT2D eigenvalue weighted by atomic mass is 16.5. The lowest BCUT2D eigenvalue weighted by Crippen LogP contribution is -2.33. The van der Waals surface area contributed by atoms with Crippen molar-refractivity contribution in [3.8, 4) is 0 Å². The van der Waals surface area contributed by atoms with Gasteiger partial charge in [-0.3, -0.25) is 0 Å². The lowest BCUT2D eigenvalue weighted by molar-refractivity contribution is 0.0593. The first-order chi connectivity index (χ1) is 10.6. The van der Waals surface area contributed by atoms with Crippen LogP contribution in [0.5, 0.6) is 0 Å². The summed E-state index contributed by atoms with van der Waals surface area (Å²) in [6, 6.07) is 5.36. The van der Waals surface area contributed by atoms with Gasteiger partial charge in [0, 0.05) is 18.3 Å². The van der Waals surface area contributed by atoms with E-state index in [-0.39, 0.29) is 0 Å². The molecule has 0 aliphatic carbocycles. The number of methoxy groups -OCH3 is 1. The van der Waals surface area contributed by atoms with Crippen LogP contribution in [0.3, 0.4) is 0 Å². The Morgan fingerprint density at radius 3 is 2.86 bits per heavy atom. The molecule has 1 aliphatic rings. The van der Waals surface area contributed by atoms with Crippen LogP contribution in [0.15, 0.2) is 18.2 Å². The van der Waals surface area contributed by atoms with Crippen LogP contribution in [-0.2, 0) is 17.7 Å². The number of carbonyl (C=O) groups is 1. The molecule has 2 N–H and O–H groups in total. The minimum absolute atomic E-state index is 0.313. The van der Waals surface area contributed by atoms with Crippen LogP contribution in [0.2, 0.25) is 0 Å². The number of anilines is 2. The van der Waals surface area contributed by atoms with Crippen LogP contribution >= 0.6 is 0 Å². The lowest BCUT2D eigenvalue weighted by Gasteiger charge is -2.28. The molecule has 2 aromatic rings. The normalized spacial score (nSPS) is 13.6. The molecule has 0 fully saturated rings. The van der Waals surface area contributed by atoms with Gasteiger partial charge in [0.25, 0.3) is 0 Å². The molecule has 0 aromatic carbocycles. The van der Waals surface area contributed by atoms with E-state index in [1.54, 1.807) is 12.1 Å². The number of ether oxygens (including phenoxy) is 1. The van der Waals surface area contributed by atoms with Crippen molar-refractivity contribution in [2.45, 2.75) is 19.9 Å². The van der Waals surface area contributed by atoms with E-state index in [4.69, 9.17) is 10.5 Å². The van der Waals surface area contributed by atoms with Gasteiger partial charge >= 0.3 is 5.97 Å². The van der Waals surface area contributed by atoms with Crippen molar-refractivity contribution in [3.63, 3.8) is 0 Å². The van der Waals surface area contributed by atoms with Crippen molar-refractivity contribution in [2.75, 3.05) is 24.3 Å².